The molecule has 0 bridgehead atoms. The molecule has 0 unspecified atom stereocenters. The van der Waals surface area contributed by atoms with Gasteiger partial charge in [0.05, 0.1) is 0 Å². The molecule has 0 spiro atoms. The Balaban J connectivity index is 1.32. The Bertz CT molecular complexity index is 1370. The molecule has 5 rings (SSSR count). The number of aromatic nitrogens is 1. The summed E-state index contributed by atoms with van der Waals surface area (Å²) in [6.45, 7) is -1.55. The van der Waals surface area contributed by atoms with Gasteiger partial charge in [0, 0.05) is 23.3 Å². The summed E-state index contributed by atoms with van der Waals surface area (Å²) in [5.74, 6) is -3.67. The van der Waals surface area contributed by atoms with E-state index in [1.54, 1.807) is 0 Å². The van der Waals surface area contributed by atoms with Crippen LogP contribution in [0.15, 0.2) is 33.5 Å². The third-order valence-electron chi connectivity index (χ3n) is 6.99. The summed E-state index contributed by atoms with van der Waals surface area (Å²) in [6, 6.07) is -1.08. The van der Waals surface area contributed by atoms with Gasteiger partial charge in [0.1, 0.15) is 35.5 Å². The lowest BCUT2D eigenvalue weighted by Gasteiger charge is -2.49. The van der Waals surface area contributed by atoms with Crippen molar-refractivity contribution >= 4 is 57.6 Å². The minimum atomic E-state index is -4.56. The van der Waals surface area contributed by atoms with Crippen molar-refractivity contribution in [2.24, 2.45) is 5.16 Å². The minimum absolute atomic E-state index is 0.0121. The van der Waals surface area contributed by atoms with Crippen LogP contribution in [0, 0.1) is 0 Å². The second-order valence-electron chi connectivity index (χ2n) is 9.82. The average Bonchev–Trinajstić information content (AvgIpc) is 3.65. The van der Waals surface area contributed by atoms with E-state index >= 15 is 0 Å². The van der Waals surface area contributed by atoms with Gasteiger partial charge in [-0.2, -0.15) is 13.2 Å². The predicted octanol–water partition coefficient (Wildman–Crippen LogP) is 1.85. The van der Waals surface area contributed by atoms with Gasteiger partial charge in [0.2, 0.25) is 5.91 Å². The van der Waals surface area contributed by atoms with Crippen LogP contribution in [-0.2, 0) is 24.0 Å². The molecule has 1 aliphatic carbocycles. The number of hydrogen-bond acceptors (Lipinski definition) is 10. The molecule has 17 heteroatoms. The van der Waals surface area contributed by atoms with Crippen molar-refractivity contribution in [1.82, 2.24) is 20.1 Å². The number of aliphatic carboxylic acids is 1. The molecule has 220 valence electrons. The number of anilines is 1. The second-order valence-corrected chi connectivity index (χ2v) is 11.8. The van der Waals surface area contributed by atoms with Crippen LogP contribution in [0.5, 0.6) is 0 Å². The molecule has 41 heavy (non-hydrogen) atoms. The van der Waals surface area contributed by atoms with E-state index in [0.29, 0.717) is 4.90 Å². The van der Waals surface area contributed by atoms with Gasteiger partial charge in [-0.15, -0.1) is 23.1 Å². The number of alkyl halides is 3. The van der Waals surface area contributed by atoms with E-state index in [1.165, 1.54) is 11.5 Å². The monoisotopic (exact) mass is 614 g/mol. The van der Waals surface area contributed by atoms with E-state index in [4.69, 9.17) is 10.6 Å². The number of thioether (sulfide) groups is 1. The van der Waals surface area contributed by atoms with Crippen molar-refractivity contribution in [1.29, 1.82) is 0 Å². The standard InChI is InChI=1S/C24H25F3N6O6S2/c25-24(26,27)10-32-6-5-11(19(32)35)7-12-8-40-21-16(20(36)33(21)17(12)22(37)38)30-18(34)15(14-9-41-23(28)29-14)31-39-13-3-1-2-4-13/h7,9,13,16,21H,1-6,8,10H2,(H2,28,29)(H,30,34)(H,37,38)/b11-7?,31-15-/t16-,21-/m1/s1. The number of amides is 3. The summed E-state index contributed by atoms with van der Waals surface area (Å²) in [5, 5.41) is 17.5. The van der Waals surface area contributed by atoms with E-state index in [9.17, 15) is 37.5 Å². The summed E-state index contributed by atoms with van der Waals surface area (Å²) >= 11 is 2.25. The highest BCUT2D eigenvalue weighted by Gasteiger charge is 2.54. The fourth-order valence-electron chi connectivity index (χ4n) is 5.06. The number of carbonyl (C=O) groups excluding carboxylic acids is 3. The number of thiazole rings is 1. The van der Waals surface area contributed by atoms with Crippen molar-refractivity contribution < 1.29 is 42.3 Å². The molecule has 0 aromatic carbocycles. The number of fused-ring (bicyclic) bond motifs is 1. The van der Waals surface area contributed by atoms with Crippen LogP contribution in [0.25, 0.3) is 0 Å². The Labute approximate surface area is 239 Å². The van der Waals surface area contributed by atoms with Crippen molar-refractivity contribution in [3.05, 3.63) is 34.0 Å². The zero-order chi connectivity index (χ0) is 29.5. The van der Waals surface area contributed by atoms with Crippen LogP contribution in [0.3, 0.4) is 0 Å². The third kappa shape index (κ3) is 6.05. The Morgan fingerprint density at radius 3 is 2.66 bits per heavy atom. The van der Waals surface area contributed by atoms with Crippen molar-refractivity contribution in [3.8, 4) is 0 Å². The Morgan fingerprint density at radius 2 is 2.02 bits per heavy atom. The van der Waals surface area contributed by atoms with Gasteiger partial charge in [-0.05, 0) is 43.8 Å². The lowest BCUT2D eigenvalue weighted by molar-refractivity contribution is -0.156. The SMILES string of the molecule is Nc1nc(/C(=N/OC2CCCC2)C(=O)N[C@@H]2C(=O)N3C(C(=O)O)=C(C=C4CCN(CC(F)(F)F)C4=O)CS[C@H]23)cs1. The maximum Gasteiger partial charge on any atom is 0.406 e. The number of carboxylic acids is 1. The number of nitrogens with two attached hydrogens (primary N) is 1. The number of nitrogens with one attached hydrogen (secondary N) is 1. The number of likely N-dealkylation sites (tertiary alicyclic amines) is 1. The van der Waals surface area contributed by atoms with Crippen LogP contribution >= 0.6 is 23.1 Å². The fraction of sp³-hybridized carbons (Fsp3) is 0.500. The zero-order valence-electron chi connectivity index (χ0n) is 21.3. The first-order chi connectivity index (χ1) is 19.4. The number of rotatable bonds is 8. The second kappa shape index (κ2) is 11.3. The molecule has 2 saturated heterocycles. The molecule has 3 aliphatic heterocycles. The topological polar surface area (TPSA) is 168 Å². The maximum atomic E-state index is 13.2. The molecular formula is C24H25F3N6O6S2. The zero-order valence-corrected chi connectivity index (χ0v) is 23.0. The highest BCUT2D eigenvalue weighted by atomic mass is 32.2. The Morgan fingerprint density at radius 1 is 1.29 bits per heavy atom. The summed E-state index contributed by atoms with van der Waals surface area (Å²) in [7, 11) is 0. The molecule has 1 aromatic rings. The lowest BCUT2D eigenvalue weighted by Crippen LogP contribution is -2.71. The minimum Gasteiger partial charge on any atom is -0.477 e. The number of allylic oxidation sites excluding steroid dienone is 1. The van der Waals surface area contributed by atoms with Gasteiger partial charge < -0.3 is 25.9 Å². The van der Waals surface area contributed by atoms with Gasteiger partial charge in [0.15, 0.2) is 10.8 Å². The summed E-state index contributed by atoms with van der Waals surface area (Å²) in [6.07, 6.45) is 0.103. The summed E-state index contributed by atoms with van der Waals surface area (Å²) in [5.41, 5.74) is 5.49. The Kier molecular flexibility index (Phi) is 8.00. The molecule has 0 radical (unpaired) electrons. The highest BCUT2D eigenvalue weighted by molar-refractivity contribution is 8.00. The van der Waals surface area contributed by atoms with E-state index in [2.05, 4.69) is 15.5 Å². The van der Waals surface area contributed by atoms with Crippen LogP contribution in [0.4, 0.5) is 18.3 Å². The predicted molar refractivity (Wildman–Crippen MR) is 141 cm³/mol. The van der Waals surface area contributed by atoms with E-state index in [0.717, 1.165) is 53.7 Å². The molecule has 4 heterocycles. The number of β-lactam (4-membered cyclic amide) rings is 1. The Hall–Kier alpha value is -3.60. The van der Waals surface area contributed by atoms with Gasteiger partial charge in [0.25, 0.3) is 11.8 Å². The molecule has 3 fully saturated rings. The van der Waals surface area contributed by atoms with Crippen molar-refractivity contribution in [3.63, 3.8) is 0 Å². The quantitative estimate of drug-likeness (QED) is 0.171. The lowest BCUT2D eigenvalue weighted by atomic mass is 10.0. The van der Waals surface area contributed by atoms with E-state index in [1.807, 2.05) is 0 Å². The van der Waals surface area contributed by atoms with E-state index in [-0.39, 0.29) is 58.2 Å². The average molecular weight is 615 g/mol. The summed E-state index contributed by atoms with van der Waals surface area (Å²) < 4.78 is 38.3. The smallest absolute Gasteiger partial charge is 0.406 e. The highest BCUT2D eigenvalue weighted by Crippen LogP contribution is 2.41. The van der Waals surface area contributed by atoms with Gasteiger partial charge in [-0.1, -0.05) is 5.16 Å². The van der Waals surface area contributed by atoms with Crippen molar-refractivity contribution in [2.45, 2.75) is 55.8 Å². The molecule has 4 aliphatic rings. The number of oxime groups is 1. The number of nitrogen functional groups attached to an aromatic ring is 1. The largest absolute Gasteiger partial charge is 0.477 e. The first-order valence-electron chi connectivity index (χ1n) is 12.7. The van der Waals surface area contributed by atoms with Crippen LogP contribution in [0.2, 0.25) is 0 Å². The van der Waals surface area contributed by atoms with Gasteiger partial charge in [-0.3, -0.25) is 19.3 Å². The van der Waals surface area contributed by atoms with Crippen LogP contribution in [-0.4, -0.2) is 91.8 Å². The number of halogens is 3. The first-order valence-corrected chi connectivity index (χ1v) is 14.6. The summed E-state index contributed by atoms with van der Waals surface area (Å²) in [4.78, 5) is 62.3. The fourth-order valence-corrected chi connectivity index (χ4v) is 6.92. The molecular weight excluding hydrogens is 589 g/mol. The number of hydrogen-bond donors (Lipinski definition) is 3. The third-order valence-corrected chi connectivity index (χ3v) is 8.97. The maximum absolute atomic E-state index is 13.2. The van der Waals surface area contributed by atoms with Crippen molar-refractivity contribution in [2.75, 3.05) is 24.6 Å². The molecule has 3 amide bonds. The first kappa shape index (κ1) is 28.9. The van der Waals surface area contributed by atoms with E-state index < -0.39 is 47.8 Å². The molecule has 1 saturated carbocycles. The van der Waals surface area contributed by atoms with Gasteiger partial charge >= 0.3 is 12.1 Å². The number of carbonyl (C=O) groups is 4. The molecule has 4 N–H and O–H groups in total. The van der Waals surface area contributed by atoms with Crippen LogP contribution < -0.4 is 11.1 Å². The van der Waals surface area contributed by atoms with Crippen LogP contribution in [0.1, 0.15) is 37.8 Å². The molecule has 2 atom stereocenters. The number of nitrogens with zero attached hydrogens (tertiary/aromatic N) is 4. The normalized spacial score (nSPS) is 24.7. The van der Waals surface area contributed by atoms with Gasteiger partial charge in [-0.25, -0.2) is 9.78 Å². The molecule has 1 aromatic heterocycles. The molecule has 12 nitrogen and oxygen atoms in total. The number of carboxylic acid groups (broad SMARTS) is 1.